The Morgan fingerprint density at radius 3 is 2.70 bits per heavy atom. The third-order valence-corrected chi connectivity index (χ3v) is 5.33. The molecule has 0 bridgehead atoms. The molecule has 0 aromatic heterocycles. The molecule has 0 aliphatic carbocycles. The second kappa shape index (κ2) is 6.18. The molecule has 1 aliphatic heterocycles. The van der Waals surface area contributed by atoms with E-state index < -0.39 is 5.97 Å². The number of thioether (sulfide) groups is 1. The van der Waals surface area contributed by atoms with Crippen LogP contribution in [-0.4, -0.2) is 34.0 Å². The van der Waals surface area contributed by atoms with Crippen molar-refractivity contribution in [2.45, 2.75) is 24.5 Å². The van der Waals surface area contributed by atoms with E-state index in [4.69, 9.17) is 5.11 Å². The molecule has 0 spiro atoms. The number of amides is 1. The standard InChI is InChI=1S/C14H16BrNO3S/c1-14(3-2-4-20-14)8-16-12(17)9-5-10(13(18)19)7-11(15)6-9/h5-7H,2-4,8H2,1H3,(H,16,17)(H,18,19). The molecule has 1 aromatic rings. The van der Waals surface area contributed by atoms with E-state index in [9.17, 15) is 9.59 Å². The fourth-order valence-electron chi connectivity index (χ4n) is 2.19. The van der Waals surface area contributed by atoms with Gasteiger partial charge >= 0.3 is 5.97 Å². The zero-order valence-electron chi connectivity index (χ0n) is 11.1. The average Bonchev–Trinajstić information content (AvgIpc) is 2.82. The second-order valence-electron chi connectivity index (χ2n) is 5.12. The number of rotatable bonds is 4. The summed E-state index contributed by atoms with van der Waals surface area (Å²) in [5.74, 6) is -0.145. The molecular weight excluding hydrogens is 342 g/mol. The van der Waals surface area contributed by atoms with Gasteiger partial charge in [0.1, 0.15) is 0 Å². The van der Waals surface area contributed by atoms with E-state index in [0.29, 0.717) is 16.6 Å². The molecule has 4 nitrogen and oxygen atoms in total. The van der Waals surface area contributed by atoms with Gasteiger partial charge in [0.25, 0.3) is 5.91 Å². The summed E-state index contributed by atoms with van der Waals surface area (Å²) in [6.07, 6.45) is 2.27. The van der Waals surface area contributed by atoms with Crippen LogP contribution in [0.25, 0.3) is 0 Å². The highest BCUT2D eigenvalue weighted by Gasteiger charge is 2.29. The Labute approximate surface area is 130 Å². The second-order valence-corrected chi connectivity index (χ2v) is 7.72. The van der Waals surface area contributed by atoms with E-state index in [0.717, 1.165) is 12.2 Å². The van der Waals surface area contributed by atoms with Crippen molar-refractivity contribution < 1.29 is 14.7 Å². The molecule has 20 heavy (non-hydrogen) atoms. The number of carboxylic acid groups (broad SMARTS) is 1. The summed E-state index contributed by atoms with van der Waals surface area (Å²) in [4.78, 5) is 23.1. The molecular formula is C14H16BrNO3S. The normalized spacial score (nSPS) is 21.7. The first kappa shape index (κ1) is 15.4. The van der Waals surface area contributed by atoms with Crippen LogP contribution in [0.15, 0.2) is 22.7 Å². The predicted molar refractivity (Wildman–Crippen MR) is 83.5 cm³/mol. The van der Waals surface area contributed by atoms with E-state index >= 15 is 0 Å². The number of carboxylic acids is 1. The van der Waals surface area contributed by atoms with Crippen molar-refractivity contribution >= 4 is 39.6 Å². The Bertz CT molecular complexity index is 541. The first-order valence-electron chi connectivity index (χ1n) is 6.36. The van der Waals surface area contributed by atoms with Gasteiger partial charge in [-0.15, -0.1) is 0 Å². The molecule has 1 aromatic carbocycles. The van der Waals surface area contributed by atoms with Crippen molar-refractivity contribution in [3.8, 4) is 0 Å². The van der Waals surface area contributed by atoms with Crippen molar-refractivity contribution in [2.24, 2.45) is 0 Å². The van der Waals surface area contributed by atoms with Crippen LogP contribution in [0.2, 0.25) is 0 Å². The molecule has 0 radical (unpaired) electrons. The van der Waals surface area contributed by atoms with Gasteiger partial charge in [-0.2, -0.15) is 11.8 Å². The highest BCUT2D eigenvalue weighted by Crippen LogP contribution is 2.37. The third-order valence-electron chi connectivity index (χ3n) is 3.33. The maximum absolute atomic E-state index is 12.1. The van der Waals surface area contributed by atoms with Gasteiger partial charge in [-0.05, 0) is 43.7 Å². The largest absolute Gasteiger partial charge is 0.478 e. The lowest BCUT2D eigenvalue weighted by atomic mass is 10.1. The summed E-state index contributed by atoms with van der Waals surface area (Å²) in [7, 11) is 0. The molecule has 1 aliphatic rings. The van der Waals surface area contributed by atoms with Crippen LogP contribution in [0.3, 0.4) is 0 Å². The number of hydrogen-bond donors (Lipinski definition) is 2. The third kappa shape index (κ3) is 3.76. The van der Waals surface area contributed by atoms with Gasteiger partial charge in [0.15, 0.2) is 0 Å². The number of halogens is 1. The minimum Gasteiger partial charge on any atom is -0.478 e. The Hall–Kier alpha value is -1.01. The average molecular weight is 358 g/mol. The summed E-state index contributed by atoms with van der Waals surface area (Å²) in [6.45, 7) is 2.75. The SMILES string of the molecule is CC1(CNC(=O)c2cc(Br)cc(C(=O)O)c2)CCCS1. The maximum Gasteiger partial charge on any atom is 0.335 e. The molecule has 1 fully saturated rings. The van der Waals surface area contributed by atoms with E-state index in [1.807, 2.05) is 11.8 Å². The Balaban J connectivity index is 2.07. The van der Waals surface area contributed by atoms with E-state index in [1.54, 1.807) is 6.07 Å². The van der Waals surface area contributed by atoms with Gasteiger partial charge in [-0.1, -0.05) is 15.9 Å². The minimum atomic E-state index is -1.04. The van der Waals surface area contributed by atoms with Crippen LogP contribution in [0.1, 0.15) is 40.5 Å². The molecule has 1 saturated heterocycles. The van der Waals surface area contributed by atoms with E-state index in [-0.39, 0.29) is 16.2 Å². The van der Waals surface area contributed by atoms with Crippen molar-refractivity contribution in [2.75, 3.05) is 12.3 Å². The van der Waals surface area contributed by atoms with Crippen LogP contribution in [0.5, 0.6) is 0 Å². The molecule has 1 heterocycles. The topological polar surface area (TPSA) is 66.4 Å². The lowest BCUT2D eigenvalue weighted by molar-refractivity contribution is 0.0697. The molecule has 2 N–H and O–H groups in total. The number of carbonyl (C=O) groups excluding carboxylic acids is 1. The van der Waals surface area contributed by atoms with Crippen molar-refractivity contribution in [1.29, 1.82) is 0 Å². The van der Waals surface area contributed by atoms with Gasteiger partial charge in [0.2, 0.25) is 0 Å². The molecule has 108 valence electrons. The Morgan fingerprint density at radius 2 is 2.10 bits per heavy atom. The van der Waals surface area contributed by atoms with Crippen LogP contribution in [0, 0.1) is 0 Å². The molecule has 1 unspecified atom stereocenters. The maximum atomic E-state index is 12.1. The van der Waals surface area contributed by atoms with Crippen LogP contribution < -0.4 is 5.32 Å². The van der Waals surface area contributed by atoms with Crippen LogP contribution >= 0.6 is 27.7 Å². The van der Waals surface area contributed by atoms with Crippen molar-refractivity contribution in [1.82, 2.24) is 5.32 Å². The first-order valence-corrected chi connectivity index (χ1v) is 8.13. The number of nitrogens with one attached hydrogen (secondary N) is 1. The minimum absolute atomic E-state index is 0.0945. The lowest BCUT2D eigenvalue weighted by Gasteiger charge is -2.22. The number of hydrogen-bond acceptors (Lipinski definition) is 3. The smallest absolute Gasteiger partial charge is 0.335 e. The monoisotopic (exact) mass is 357 g/mol. The first-order chi connectivity index (χ1) is 9.39. The summed E-state index contributed by atoms with van der Waals surface area (Å²) < 4.78 is 0.682. The molecule has 1 amide bonds. The van der Waals surface area contributed by atoms with Crippen molar-refractivity contribution in [3.05, 3.63) is 33.8 Å². The molecule has 6 heteroatoms. The molecule has 1 atom stereocenters. The Morgan fingerprint density at radius 1 is 1.40 bits per heavy atom. The van der Waals surface area contributed by atoms with Gasteiger partial charge < -0.3 is 10.4 Å². The van der Waals surface area contributed by atoms with E-state index in [1.165, 1.54) is 18.6 Å². The van der Waals surface area contributed by atoms with Gasteiger partial charge in [0.05, 0.1) is 5.56 Å². The van der Waals surface area contributed by atoms with Gasteiger partial charge in [0, 0.05) is 21.3 Å². The molecule has 2 rings (SSSR count). The fraction of sp³-hybridized carbons (Fsp3) is 0.429. The lowest BCUT2D eigenvalue weighted by Crippen LogP contribution is -2.36. The number of aromatic carboxylic acids is 1. The van der Waals surface area contributed by atoms with Gasteiger partial charge in [-0.25, -0.2) is 4.79 Å². The summed E-state index contributed by atoms with van der Waals surface area (Å²) in [6, 6.07) is 4.51. The zero-order valence-corrected chi connectivity index (χ0v) is 13.5. The number of benzene rings is 1. The summed E-state index contributed by atoms with van der Waals surface area (Å²) >= 11 is 5.11. The molecule has 0 saturated carbocycles. The highest BCUT2D eigenvalue weighted by atomic mass is 79.9. The quantitative estimate of drug-likeness (QED) is 0.868. The summed E-state index contributed by atoms with van der Waals surface area (Å²) in [5, 5.41) is 11.9. The van der Waals surface area contributed by atoms with Gasteiger partial charge in [-0.3, -0.25) is 4.79 Å². The Kier molecular flexibility index (Phi) is 4.75. The number of carbonyl (C=O) groups is 2. The van der Waals surface area contributed by atoms with Crippen molar-refractivity contribution in [3.63, 3.8) is 0 Å². The van der Waals surface area contributed by atoms with Crippen LogP contribution in [0.4, 0.5) is 0 Å². The predicted octanol–water partition coefficient (Wildman–Crippen LogP) is 3.16. The highest BCUT2D eigenvalue weighted by molar-refractivity contribution is 9.10. The fourth-order valence-corrected chi connectivity index (χ4v) is 3.93. The van der Waals surface area contributed by atoms with E-state index in [2.05, 4.69) is 28.2 Å². The zero-order chi connectivity index (χ0) is 14.8. The van der Waals surface area contributed by atoms with Crippen LogP contribution in [-0.2, 0) is 0 Å². The summed E-state index contributed by atoms with van der Waals surface area (Å²) in [5.41, 5.74) is 0.467.